The van der Waals surface area contributed by atoms with Crippen molar-refractivity contribution < 1.29 is 9.53 Å². The van der Waals surface area contributed by atoms with Crippen LogP contribution in [0, 0.1) is 5.92 Å². The number of hydrogen-bond acceptors (Lipinski definition) is 4. The molecule has 1 fully saturated rings. The maximum absolute atomic E-state index is 11.8. The molecular formula is C13H15NO2S. The Morgan fingerprint density at radius 1 is 1.59 bits per heavy atom. The Bertz CT molecular complexity index is 452. The number of thioether (sulfide) groups is 1. The fourth-order valence-electron chi connectivity index (χ4n) is 3.04. The summed E-state index contributed by atoms with van der Waals surface area (Å²) in [5.41, 5.74) is 2.00. The number of aliphatic imine (C=N–C) groups is 1. The molecule has 90 valence electrons. The van der Waals surface area contributed by atoms with Crippen LogP contribution < -0.4 is 0 Å². The molecule has 0 aromatic carbocycles. The number of carbonyl (C=O) groups is 1. The quantitative estimate of drug-likeness (QED) is 0.529. The molecule has 2 aliphatic heterocycles. The van der Waals surface area contributed by atoms with E-state index in [2.05, 4.69) is 17.1 Å². The molecule has 0 radical (unpaired) electrons. The van der Waals surface area contributed by atoms with Gasteiger partial charge >= 0.3 is 5.97 Å². The third kappa shape index (κ3) is 1.50. The van der Waals surface area contributed by atoms with Crippen LogP contribution in [0.5, 0.6) is 0 Å². The first-order valence-corrected chi connectivity index (χ1v) is 6.91. The van der Waals surface area contributed by atoms with Crippen LogP contribution in [0.2, 0.25) is 0 Å². The predicted octanol–water partition coefficient (Wildman–Crippen LogP) is 2.34. The number of nitrogens with zero attached hydrogens (tertiary/aromatic N) is 1. The number of carbonyl (C=O) groups excluding carboxylic acids is 1. The van der Waals surface area contributed by atoms with Crippen molar-refractivity contribution in [1.29, 1.82) is 0 Å². The van der Waals surface area contributed by atoms with Gasteiger partial charge in [0.05, 0.1) is 17.4 Å². The molecule has 1 aliphatic carbocycles. The molecule has 2 unspecified atom stereocenters. The number of esters is 1. The second-order valence-corrected chi connectivity index (χ2v) is 6.04. The lowest BCUT2D eigenvalue weighted by Gasteiger charge is -2.39. The van der Waals surface area contributed by atoms with Crippen LogP contribution in [0.15, 0.2) is 28.9 Å². The summed E-state index contributed by atoms with van der Waals surface area (Å²) in [6.45, 7) is 0. The maximum Gasteiger partial charge on any atom is 0.335 e. The second kappa shape index (κ2) is 4.02. The van der Waals surface area contributed by atoms with Crippen LogP contribution in [0.3, 0.4) is 0 Å². The van der Waals surface area contributed by atoms with Gasteiger partial charge < -0.3 is 4.74 Å². The van der Waals surface area contributed by atoms with Gasteiger partial charge in [-0.3, -0.25) is 4.99 Å². The maximum atomic E-state index is 11.8. The molecule has 0 aromatic rings. The lowest BCUT2D eigenvalue weighted by molar-refractivity contribution is -0.136. The molecule has 1 spiro atoms. The van der Waals surface area contributed by atoms with Crippen molar-refractivity contribution >= 4 is 23.4 Å². The average Bonchev–Trinajstić information content (AvgIpc) is 2.79. The molecule has 2 heterocycles. The van der Waals surface area contributed by atoms with Gasteiger partial charge in [-0.15, -0.1) is 11.8 Å². The van der Waals surface area contributed by atoms with E-state index in [4.69, 9.17) is 4.74 Å². The van der Waals surface area contributed by atoms with E-state index in [-0.39, 0.29) is 16.6 Å². The van der Waals surface area contributed by atoms with Crippen molar-refractivity contribution in [2.45, 2.75) is 24.0 Å². The van der Waals surface area contributed by atoms with E-state index in [0.717, 1.165) is 30.6 Å². The minimum absolute atomic E-state index is 0.0486. The monoisotopic (exact) mass is 249 g/mol. The van der Waals surface area contributed by atoms with E-state index < -0.39 is 0 Å². The highest BCUT2D eigenvalue weighted by atomic mass is 32.2. The lowest BCUT2D eigenvalue weighted by Crippen LogP contribution is -2.44. The van der Waals surface area contributed by atoms with Crippen molar-refractivity contribution in [3.05, 3.63) is 23.9 Å². The molecular weight excluding hydrogens is 234 g/mol. The van der Waals surface area contributed by atoms with Gasteiger partial charge in [-0.05, 0) is 18.6 Å². The Kier molecular flexibility index (Phi) is 2.62. The highest BCUT2D eigenvalue weighted by Crippen LogP contribution is 2.53. The highest BCUT2D eigenvalue weighted by Gasteiger charge is 2.51. The van der Waals surface area contributed by atoms with Gasteiger partial charge in [-0.1, -0.05) is 12.2 Å². The lowest BCUT2D eigenvalue weighted by atomic mass is 9.74. The molecule has 4 heteroatoms. The van der Waals surface area contributed by atoms with E-state index in [1.54, 1.807) is 6.20 Å². The summed E-state index contributed by atoms with van der Waals surface area (Å²) in [6.07, 6.45) is 9.11. The molecule has 2 atom stereocenters. The number of hydrogen-bond donors (Lipinski definition) is 0. The first kappa shape index (κ1) is 11.1. The second-order valence-electron chi connectivity index (χ2n) is 4.61. The van der Waals surface area contributed by atoms with Crippen molar-refractivity contribution in [3.63, 3.8) is 0 Å². The van der Waals surface area contributed by atoms with Crippen molar-refractivity contribution in [2.75, 3.05) is 12.9 Å². The zero-order valence-electron chi connectivity index (χ0n) is 9.81. The summed E-state index contributed by atoms with van der Waals surface area (Å²) >= 11 is 1.96. The van der Waals surface area contributed by atoms with Crippen LogP contribution in [0.1, 0.15) is 19.3 Å². The first-order chi connectivity index (χ1) is 8.28. The van der Waals surface area contributed by atoms with E-state index in [0.29, 0.717) is 0 Å². The predicted molar refractivity (Wildman–Crippen MR) is 69.2 cm³/mol. The van der Waals surface area contributed by atoms with Gasteiger partial charge in [0.1, 0.15) is 0 Å². The summed E-state index contributed by atoms with van der Waals surface area (Å²) in [6, 6.07) is 0. The van der Waals surface area contributed by atoms with Crippen LogP contribution in [0.4, 0.5) is 0 Å². The zero-order chi connectivity index (χ0) is 11.9. The van der Waals surface area contributed by atoms with E-state index in [1.165, 1.54) is 12.8 Å². The topological polar surface area (TPSA) is 38.7 Å². The smallest absolute Gasteiger partial charge is 0.335 e. The summed E-state index contributed by atoms with van der Waals surface area (Å²) < 4.78 is 4.92. The molecule has 3 nitrogen and oxygen atoms in total. The molecule has 3 aliphatic rings. The van der Waals surface area contributed by atoms with Gasteiger partial charge in [0.15, 0.2) is 0 Å². The molecule has 1 saturated heterocycles. The van der Waals surface area contributed by atoms with Crippen molar-refractivity contribution in [2.24, 2.45) is 10.9 Å². The molecule has 0 saturated carbocycles. The van der Waals surface area contributed by atoms with E-state index in [1.807, 2.05) is 11.8 Å². The van der Waals surface area contributed by atoms with E-state index in [9.17, 15) is 4.79 Å². The average molecular weight is 249 g/mol. The summed E-state index contributed by atoms with van der Waals surface area (Å²) in [5.74, 6) is 1.18. The Labute approximate surface area is 105 Å². The third-order valence-electron chi connectivity index (χ3n) is 3.87. The van der Waals surface area contributed by atoms with Crippen LogP contribution in [0.25, 0.3) is 0 Å². The van der Waals surface area contributed by atoms with Crippen molar-refractivity contribution in [1.82, 2.24) is 0 Å². The summed E-state index contributed by atoms with van der Waals surface area (Å²) in [7, 11) is 1.44. The largest absolute Gasteiger partial charge is 0.466 e. The number of ether oxygens (including phenoxy) is 1. The van der Waals surface area contributed by atoms with Gasteiger partial charge in [0.2, 0.25) is 0 Å². The summed E-state index contributed by atoms with van der Waals surface area (Å²) in [4.78, 5) is 16.3. The highest BCUT2D eigenvalue weighted by molar-refractivity contribution is 8.01. The Morgan fingerprint density at radius 2 is 2.47 bits per heavy atom. The first-order valence-electron chi connectivity index (χ1n) is 5.92. The van der Waals surface area contributed by atoms with Gasteiger partial charge in [-0.25, -0.2) is 4.79 Å². The normalized spacial score (nSPS) is 34.5. The molecule has 0 bridgehead atoms. The Hall–Kier alpha value is -1.03. The standard InChI is InChI=1S/C13H15NO2S/c1-16-12(15)9-8-14-11-4-2-3-6-13(11)10(9)5-7-17-13/h2-3,8,10H,4-7H2,1H3. The van der Waals surface area contributed by atoms with Crippen LogP contribution in [-0.2, 0) is 9.53 Å². The number of methoxy groups -OCH3 is 1. The Balaban J connectivity index is 2.05. The van der Waals surface area contributed by atoms with Crippen LogP contribution >= 0.6 is 11.8 Å². The molecule has 0 amide bonds. The third-order valence-corrected chi connectivity index (χ3v) is 5.51. The van der Waals surface area contributed by atoms with Crippen LogP contribution in [-0.4, -0.2) is 29.3 Å². The fourth-order valence-corrected chi connectivity index (χ4v) is 4.72. The number of rotatable bonds is 1. The van der Waals surface area contributed by atoms with Gasteiger partial charge in [-0.2, -0.15) is 0 Å². The molecule has 3 rings (SSSR count). The van der Waals surface area contributed by atoms with Crippen molar-refractivity contribution in [3.8, 4) is 0 Å². The minimum atomic E-state index is -0.214. The molecule has 17 heavy (non-hydrogen) atoms. The Morgan fingerprint density at radius 3 is 3.29 bits per heavy atom. The van der Waals surface area contributed by atoms with E-state index >= 15 is 0 Å². The minimum Gasteiger partial charge on any atom is -0.466 e. The van der Waals surface area contributed by atoms with Gasteiger partial charge in [0.25, 0.3) is 0 Å². The summed E-state index contributed by atoms with van der Waals surface area (Å²) in [5, 5.41) is 0. The SMILES string of the molecule is COC(=O)C1=CN=C2CC=CCC23SCCC13. The molecule has 0 N–H and O–H groups in total. The van der Waals surface area contributed by atoms with Gasteiger partial charge in [0, 0.05) is 24.3 Å². The fraction of sp³-hybridized carbons (Fsp3) is 0.538. The molecule has 0 aromatic heterocycles. The zero-order valence-corrected chi connectivity index (χ0v) is 10.6. The number of allylic oxidation sites excluding steroid dienone is 2.